The van der Waals surface area contributed by atoms with Crippen LogP contribution >= 0.6 is 23.2 Å². The molecule has 3 aromatic carbocycles. The van der Waals surface area contributed by atoms with Crippen molar-refractivity contribution in [2.45, 2.75) is 0 Å². The van der Waals surface area contributed by atoms with Crippen LogP contribution in [0.25, 0.3) is 0 Å². The molecule has 2 amide bonds. The van der Waals surface area contributed by atoms with Gasteiger partial charge >= 0.3 is 5.97 Å². The van der Waals surface area contributed by atoms with E-state index >= 15 is 0 Å². The van der Waals surface area contributed by atoms with Crippen LogP contribution in [0.5, 0.6) is 5.75 Å². The Bertz CT molecular complexity index is 1200. The van der Waals surface area contributed by atoms with E-state index in [9.17, 15) is 14.4 Å². The highest BCUT2D eigenvalue weighted by Gasteiger charge is 2.17. The van der Waals surface area contributed by atoms with Gasteiger partial charge in [0.1, 0.15) is 5.75 Å². The van der Waals surface area contributed by atoms with Crippen LogP contribution in [-0.2, 0) is 9.53 Å². The SMILES string of the molecule is COc1ccccc1NC(=O)c1ccc(NC(=O)COC(=O)c2cc(Cl)cc(Cl)c2N)cc1. The Hall–Kier alpha value is -3.75. The minimum atomic E-state index is -0.838. The van der Waals surface area contributed by atoms with Gasteiger partial charge in [0.25, 0.3) is 11.8 Å². The number of hydrogen-bond donors (Lipinski definition) is 3. The van der Waals surface area contributed by atoms with Gasteiger partial charge in [0, 0.05) is 16.3 Å². The van der Waals surface area contributed by atoms with Crippen LogP contribution in [0.2, 0.25) is 10.0 Å². The Balaban J connectivity index is 1.56. The lowest BCUT2D eigenvalue weighted by atomic mass is 10.2. The van der Waals surface area contributed by atoms with Crippen molar-refractivity contribution in [3.05, 3.63) is 81.8 Å². The van der Waals surface area contributed by atoms with Crippen molar-refractivity contribution < 1.29 is 23.9 Å². The van der Waals surface area contributed by atoms with E-state index in [1.165, 1.54) is 19.2 Å². The predicted octanol–water partition coefficient (Wildman–Crippen LogP) is 4.63. The fraction of sp³-hybridized carbons (Fsp3) is 0.0870. The number of carbonyl (C=O) groups is 3. The van der Waals surface area contributed by atoms with Crippen molar-refractivity contribution in [1.82, 2.24) is 0 Å². The maximum Gasteiger partial charge on any atom is 0.340 e. The van der Waals surface area contributed by atoms with Gasteiger partial charge in [-0.1, -0.05) is 35.3 Å². The second kappa shape index (κ2) is 10.7. The van der Waals surface area contributed by atoms with Crippen LogP contribution in [0, 0.1) is 0 Å². The lowest BCUT2D eigenvalue weighted by Gasteiger charge is -2.11. The number of nitrogen functional groups attached to an aromatic ring is 1. The molecule has 170 valence electrons. The monoisotopic (exact) mass is 487 g/mol. The van der Waals surface area contributed by atoms with Crippen LogP contribution in [0.1, 0.15) is 20.7 Å². The molecule has 0 atom stereocenters. The summed E-state index contributed by atoms with van der Waals surface area (Å²) in [6, 6.07) is 15.9. The van der Waals surface area contributed by atoms with Gasteiger partial charge in [-0.25, -0.2) is 4.79 Å². The van der Waals surface area contributed by atoms with E-state index in [1.807, 2.05) is 0 Å². The van der Waals surface area contributed by atoms with Gasteiger partial charge in [0.15, 0.2) is 6.61 Å². The van der Waals surface area contributed by atoms with Crippen molar-refractivity contribution in [1.29, 1.82) is 0 Å². The molecule has 33 heavy (non-hydrogen) atoms. The van der Waals surface area contributed by atoms with Gasteiger partial charge < -0.3 is 25.8 Å². The van der Waals surface area contributed by atoms with Crippen LogP contribution in [0.3, 0.4) is 0 Å². The molecule has 0 saturated carbocycles. The first-order chi connectivity index (χ1) is 15.8. The molecule has 4 N–H and O–H groups in total. The first-order valence-corrected chi connectivity index (χ1v) is 10.3. The maximum absolute atomic E-state index is 12.5. The van der Waals surface area contributed by atoms with E-state index in [1.54, 1.807) is 48.5 Å². The zero-order valence-electron chi connectivity index (χ0n) is 17.4. The van der Waals surface area contributed by atoms with E-state index in [4.69, 9.17) is 38.4 Å². The van der Waals surface area contributed by atoms with Crippen LogP contribution in [-0.4, -0.2) is 31.5 Å². The summed E-state index contributed by atoms with van der Waals surface area (Å²) in [5.74, 6) is -1.23. The number of carbonyl (C=O) groups excluding carboxylic acids is 3. The van der Waals surface area contributed by atoms with Crippen molar-refractivity contribution in [2.24, 2.45) is 0 Å². The second-order valence-electron chi connectivity index (χ2n) is 6.70. The van der Waals surface area contributed by atoms with E-state index in [0.717, 1.165) is 0 Å². The molecule has 3 rings (SSSR count). The summed E-state index contributed by atoms with van der Waals surface area (Å²) >= 11 is 11.8. The number of nitrogens with one attached hydrogen (secondary N) is 2. The number of halogens is 2. The number of rotatable bonds is 7. The van der Waals surface area contributed by atoms with Crippen molar-refractivity contribution in [3.63, 3.8) is 0 Å². The molecular formula is C23H19Cl2N3O5. The molecule has 10 heteroatoms. The number of para-hydroxylation sites is 2. The fourth-order valence-corrected chi connectivity index (χ4v) is 3.30. The number of nitrogens with two attached hydrogens (primary N) is 1. The van der Waals surface area contributed by atoms with Crippen molar-refractivity contribution in [3.8, 4) is 5.75 Å². The molecule has 0 radical (unpaired) electrons. The Morgan fingerprint density at radius 2 is 1.67 bits per heavy atom. The molecule has 0 saturated heterocycles. The minimum absolute atomic E-state index is 0.00784. The smallest absolute Gasteiger partial charge is 0.340 e. The van der Waals surface area contributed by atoms with Crippen LogP contribution in [0.15, 0.2) is 60.7 Å². The van der Waals surface area contributed by atoms with E-state index in [2.05, 4.69) is 10.6 Å². The lowest BCUT2D eigenvalue weighted by Crippen LogP contribution is -2.21. The zero-order chi connectivity index (χ0) is 24.0. The molecular weight excluding hydrogens is 469 g/mol. The topological polar surface area (TPSA) is 120 Å². The number of benzene rings is 3. The lowest BCUT2D eigenvalue weighted by molar-refractivity contribution is -0.119. The Morgan fingerprint density at radius 1 is 0.970 bits per heavy atom. The molecule has 0 fully saturated rings. The number of anilines is 3. The van der Waals surface area contributed by atoms with E-state index in [-0.39, 0.29) is 27.2 Å². The number of methoxy groups -OCH3 is 1. The summed E-state index contributed by atoms with van der Waals surface area (Å²) in [5, 5.41) is 5.64. The Kier molecular flexibility index (Phi) is 7.76. The average molecular weight is 488 g/mol. The first-order valence-electron chi connectivity index (χ1n) is 9.54. The van der Waals surface area contributed by atoms with E-state index < -0.39 is 18.5 Å². The van der Waals surface area contributed by atoms with Crippen LogP contribution in [0.4, 0.5) is 17.1 Å². The average Bonchev–Trinajstić information content (AvgIpc) is 2.80. The summed E-state index contributed by atoms with van der Waals surface area (Å²) in [7, 11) is 1.51. The third kappa shape index (κ3) is 6.15. The van der Waals surface area contributed by atoms with Gasteiger partial charge in [-0.3, -0.25) is 9.59 Å². The number of amides is 2. The summed E-state index contributed by atoms with van der Waals surface area (Å²) in [4.78, 5) is 36.8. The first kappa shape index (κ1) is 23.9. The minimum Gasteiger partial charge on any atom is -0.495 e. The quantitative estimate of drug-likeness (QED) is 0.330. The van der Waals surface area contributed by atoms with Gasteiger partial charge in [-0.2, -0.15) is 0 Å². The second-order valence-corrected chi connectivity index (χ2v) is 7.55. The summed E-state index contributed by atoms with van der Waals surface area (Å²) in [6.07, 6.45) is 0. The Morgan fingerprint density at radius 3 is 2.36 bits per heavy atom. The highest BCUT2D eigenvalue weighted by Crippen LogP contribution is 2.28. The molecule has 0 aliphatic rings. The largest absolute Gasteiger partial charge is 0.495 e. The highest BCUT2D eigenvalue weighted by molar-refractivity contribution is 6.37. The van der Waals surface area contributed by atoms with Gasteiger partial charge in [-0.05, 0) is 48.5 Å². The molecule has 8 nitrogen and oxygen atoms in total. The van der Waals surface area contributed by atoms with Gasteiger partial charge in [0.2, 0.25) is 0 Å². The standard InChI is InChI=1S/C23H19Cl2N3O5/c1-32-19-5-3-2-4-18(19)28-22(30)13-6-8-15(9-7-13)27-20(29)12-33-23(31)16-10-14(24)11-17(25)21(16)26/h2-11H,12,26H2,1H3,(H,27,29)(H,28,30). The van der Waals surface area contributed by atoms with Crippen molar-refractivity contribution in [2.75, 3.05) is 30.1 Å². The number of esters is 1. The predicted molar refractivity (Wildman–Crippen MR) is 127 cm³/mol. The molecule has 0 bridgehead atoms. The Labute approximate surface area is 199 Å². The summed E-state index contributed by atoms with van der Waals surface area (Å²) in [5.41, 5.74) is 7.04. The molecule has 0 aromatic heterocycles. The summed E-state index contributed by atoms with van der Waals surface area (Å²) in [6.45, 7) is -0.557. The van der Waals surface area contributed by atoms with Gasteiger partial charge in [0.05, 0.1) is 29.1 Å². The van der Waals surface area contributed by atoms with Crippen LogP contribution < -0.4 is 21.1 Å². The number of ether oxygens (including phenoxy) is 2. The molecule has 0 spiro atoms. The molecule has 3 aromatic rings. The zero-order valence-corrected chi connectivity index (χ0v) is 18.9. The van der Waals surface area contributed by atoms with Gasteiger partial charge in [-0.15, -0.1) is 0 Å². The third-order valence-corrected chi connectivity index (χ3v) is 4.97. The van der Waals surface area contributed by atoms with E-state index in [0.29, 0.717) is 22.7 Å². The highest BCUT2D eigenvalue weighted by atomic mass is 35.5. The van der Waals surface area contributed by atoms with Crippen molar-refractivity contribution >= 4 is 58.0 Å². The molecule has 0 heterocycles. The fourth-order valence-electron chi connectivity index (χ4n) is 2.81. The third-order valence-electron chi connectivity index (χ3n) is 4.43. The molecule has 0 unspecified atom stereocenters. The normalized spacial score (nSPS) is 10.3. The summed E-state index contributed by atoms with van der Waals surface area (Å²) < 4.78 is 10.2. The number of hydrogen-bond acceptors (Lipinski definition) is 6. The molecule has 0 aliphatic carbocycles. The molecule has 0 aliphatic heterocycles. The maximum atomic E-state index is 12.5.